The van der Waals surface area contributed by atoms with Gasteiger partial charge in [0, 0.05) is 25.7 Å². The van der Waals surface area contributed by atoms with Gasteiger partial charge in [0.25, 0.3) is 0 Å². The molecular weight excluding hydrogens is 192 g/mol. The van der Waals surface area contributed by atoms with E-state index < -0.39 is 43.4 Å². The van der Waals surface area contributed by atoms with E-state index in [4.69, 9.17) is 16.9 Å². The summed E-state index contributed by atoms with van der Waals surface area (Å²) < 4.78 is 44.1. The van der Waals surface area contributed by atoms with E-state index in [1.807, 2.05) is 0 Å². The number of rotatable bonds is 0. The van der Waals surface area contributed by atoms with Gasteiger partial charge in [-0.2, -0.15) is 5.26 Å². The molecule has 0 atom stereocenters. The van der Waals surface area contributed by atoms with Crippen LogP contribution in [-0.2, 0) is 4.74 Å². The standard InChI is InChI=1S/C11H18N2O2/c1-11(2,3)15-10(14)13-6-4-9(8-12)5-7-13/h9H,4-7H2,1-3H3/i6D2,7D2,9D. The molecule has 0 spiro atoms. The van der Waals surface area contributed by atoms with E-state index in [9.17, 15) is 4.79 Å². The number of piperidine rings is 1. The average molecular weight is 215 g/mol. The number of hydrogen-bond donors (Lipinski definition) is 0. The molecule has 0 aromatic heterocycles. The minimum Gasteiger partial charge on any atom is -0.444 e. The van der Waals surface area contributed by atoms with Crippen molar-refractivity contribution in [3.63, 3.8) is 0 Å². The summed E-state index contributed by atoms with van der Waals surface area (Å²) in [6, 6.07) is 1.61. The van der Waals surface area contributed by atoms with Crippen molar-refractivity contribution in [3.8, 4) is 6.07 Å². The molecule has 0 aliphatic carbocycles. The Morgan fingerprint density at radius 2 is 2.13 bits per heavy atom. The molecule has 4 nitrogen and oxygen atoms in total. The van der Waals surface area contributed by atoms with Crippen molar-refractivity contribution in [1.82, 2.24) is 4.90 Å². The molecule has 1 amide bonds. The topological polar surface area (TPSA) is 53.3 Å². The zero-order chi connectivity index (χ0) is 16.0. The fraction of sp³-hybridized carbons (Fsp3) is 0.818. The molecule has 15 heavy (non-hydrogen) atoms. The van der Waals surface area contributed by atoms with Crippen LogP contribution < -0.4 is 0 Å². The second kappa shape index (κ2) is 4.52. The quantitative estimate of drug-likeness (QED) is 0.622. The fourth-order valence-electron chi connectivity index (χ4n) is 0.983. The number of amides is 1. The van der Waals surface area contributed by atoms with Gasteiger partial charge in [0.1, 0.15) is 5.60 Å². The number of likely N-dealkylation sites (tertiary alicyclic amines) is 1. The Hall–Kier alpha value is -1.24. The summed E-state index contributed by atoms with van der Waals surface area (Å²) in [5.41, 5.74) is -0.895. The van der Waals surface area contributed by atoms with Crippen LogP contribution in [0.3, 0.4) is 0 Å². The molecule has 1 heterocycles. The highest BCUT2D eigenvalue weighted by atomic mass is 16.6. The van der Waals surface area contributed by atoms with Crippen molar-refractivity contribution < 1.29 is 16.4 Å². The Morgan fingerprint density at radius 3 is 2.53 bits per heavy atom. The smallest absolute Gasteiger partial charge is 0.410 e. The number of hydrogen-bond acceptors (Lipinski definition) is 3. The Bertz CT molecular complexity index is 435. The lowest BCUT2D eigenvalue weighted by Crippen LogP contribution is -2.41. The molecule has 1 rings (SSSR count). The lowest BCUT2D eigenvalue weighted by atomic mass is 9.99. The first kappa shape index (κ1) is 6.37. The summed E-state index contributed by atoms with van der Waals surface area (Å²) >= 11 is 0. The van der Waals surface area contributed by atoms with Gasteiger partial charge in [0.2, 0.25) is 0 Å². The monoisotopic (exact) mass is 215 g/mol. The van der Waals surface area contributed by atoms with E-state index in [-0.39, 0.29) is 0 Å². The van der Waals surface area contributed by atoms with Crippen molar-refractivity contribution >= 4 is 6.09 Å². The molecule has 0 bridgehead atoms. The van der Waals surface area contributed by atoms with E-state index in [1.54, 1.807) is 26.8 Å². The first-order valence-electron chi connectivity index (χ1n) is 7.17. The van der Waals surface area contributed by atoms with Crippen molar-refractivity contribution in [2.45, 2.75) is 39.2 Å². The van der Waals surface area contributed by atoms with Crippen LogP contribution in [0.15, 0.2) is 0 Å². The van der Waals surface area contributed by atoms with Crippen LogP contribution in [0.5, 0.6) is 0 Å². The van der Waals surface area contributed by atoms with E-state index >= 15 is 0 Å². The minimum absolute atomic E-state index is 0.357. The maximum atomic E-state index is 12.0. The van der Waals surface area contributed by atoms with Crippen molar-refractivity contribution in [3.05, 3.63) is 0 Å². The van der Waals surface area contributed by atoms with Crippen molar-refractivity contribution in [2.24, 2.45) is 5.89 Å². The first-order chi connectivity index (χ1) is 8.72. The molecule has 0 N–H and O–H groups in total. The number of nitrogens with zero attached hydrogens (tertiary/aromatic N) is 2. The third-order valence-electron chi connectivity index (χ3n) is 1.64. The zero-order valence-electron chi connectivity index (χ0n) is 14.1. The van der Waals surface area contributed by atoms with Gasteiger partial charge in [0.05, 0.1) is 6.07 Å². The van der Waals surface area contributed by atoms with Gasteiger partial charge in [0.15, 0.2) is 0 Å². The SMILES string of the molecule is [2H]C1(C#N)CC([2H])([2H])N(C(=O)OC(C)(C)C)C([2H])([2H])C1. The third-order valence-corrected chi connectivity index (χ3v) is 1.64. The molecule has 0 aromatic carbocycles. The molecule has 1 aliphatic heterocycles. The van der Waals surface area contributed by atoms with Crippen LogP contribution in [0.4, 0.5) is 4.79 Å². The average Bonchev–Trinajstić information content (AvgIpc) is 2.08. The van der Waals surface area contributed by atoms with Gasteiger partial charge in [-0.3, -0.25) is 0 Å². The molecule has 0 aromatic rings. The van der Waals surface area contributed by atoms with Gasteiger partial charge in [-0.25, -0.2) is 4.79 Å². The summed E-state index contributed by atoms with van der Waals surface area (Å²) in [6.07, 6.45) is -2.31. The highest BCUT2D eigenvalue weighted by Crippen LogP contribution is 2.18. The van der Waals surface area contributed by atoms with Gasteiger partial charge in [-0.1, -0.05) is 0 Å². The molecular formula is C11H18N2O2. The first-order valence-corrected chi connectivity index (χ1v) is 4.67. The fourth-order valence-corrected chi connectivity index (χ4v) is 0.983. The number of carbonyl (C=O) groups is 1. The molecule has 0 radical (unpaired) electrons. The van der Waals surface area contributed by atoms with Gasteiger partial charge in [-0.15, -0.1) is 0 Å². The summed E-state index contributed by atoms with van der Waals surface area (Å²) in [6.45, 7) is -0.179. The van der Waals surface area contributed by atoms with Crippen LogP contribution in [0.2, 0.25) is 0 Å². The lowest BCUT2D eigenvalue weighted by Gasteiger charge is -2.31. The van der Waals surface area contributed by atoms with E-state index in [1.165, 1.54) is 0 Å². The molecule has 0 saturated carbocycles. The molecule has 1 aliphatic rings. The highest BCUT2D eigenvalue weighted by molar-refractivity contribution is 5.68. The normalized spacial score (nSPS) is 32.1. The second-order valence-electron chi connectivity index (χ2n) is 4.20. The lowest BCUT2D eigenvalue weighted by molar-refractivity contribution is 0.0199. The maximum Gasteiger partial charge on any atom is 0.410 e. The summed E-state index contributed by atoms with van der Waals surface area (Å²) in [4.78, 5) is 12.4. The van der Waals surface area contributed by atoms with Gasteiger partial charge >= 0.3 is 6.09 Å². The van der Waals surface area contributed by atoms with E-state index in [0.717, 1.165) is 0 Å². The molecule has 84 valence electrons. The number of carbonyl (C=O) groups excluding carboxylic acids is 1. The van der Waals surface area contributed by atoms with Crippen molar-refractivity contribution in [1.29, 1.82) is 5.26 Å². The highest BCUT2D eigenvalue weighted by Gasteiger charge is 2.26. The number of nitriles is 1. The van der Waals surface area contributed by atoms with Crippen LogP contribution in [0, 0.1) is 17.2 Å². The van der Waals surface area contributed by atoms with Crippen molar-refractivity contribution in [2.75, 3.05) is 13.0 Å². The van der Waals surface area contributed by atoms with Crippen LogP contribution in [0.1, 0.15) is 40.5 Å². The maximum absolute atomic E-state index is 12.0. The Morgan fingerprint density at radius 1 is 1.60 bits per heavy atom. The van der Waals surface area contributed by atoms with Gasteiger partial charge < -0.3 is 9.64 Å². The molecule has 4 heteroatoms. The Kier molecular flexibility index (Phi) is 1.92. The second-order valence-corrected chi connectivity index (χ2v) is 4.20. The zero-order valence-corrected chi connectivity index (χ0v) is 9.13. The number of ether oxygens (including phenoxy) is 1. The van der Waals surface area contributed by atoms with Crippen LogP contribution in [-0.4, -0.2) is 29.6 Å². The molecule has 1 saturated heterocycles. The minimum atomic E-state index is -2.47. The van der Waals surface area contributed by atoms with Crippen LogP contribution in [0.25, 0.3) is 0 Å². The van der Waals surface area contributed by atoms with E-state index in [0.29, 0.717) is 4.90 Å². The summed E-state index contributed by atoms with van der Waals surface area (Å²) in [5.74, 6) is -1.91. The Labute approximate surface area is 97.8 Å². The molecule has 1 fully saturated rings. The van der Waals surface area contributed by atoms with E-state index in [2.05, 4.69) is 0 Å². The van der Waals surface area contributed by atoms with Crippen LogP contribution >= 0.6 is 0 Å². The molecule has 0 unspecified atom stereocenters. The predicted molar refractivity (Wildman–Crippen MR) is 56.1 cm³/mol. The Balaban J connectivity index is 3.14. The summed E-state index contributed by atoms with van der Waals surface area (Å²) in [5, 5.41) is 8.92. The largest absolute Gasteiger partial charge is 0.444 e. The summed E-state index contributed by atoms with van der Waals surface area (Å²) in [7, 11) is 0. The van der Waals surface area contributed by atoms with Gasteiger partial charge in [-0.05, 0) is 33.6 Å². The third kappa shape index (κ3) is 3.78. The predicted octanol–water partition coefficient (Wildman–Crippen LogP) is 2.16.